The molecule has 1 fully saturated rings. The molecule has 2 rings (SSSR count). The first-order chi connectivity index (χ1) is 8.16. The summed E-state index contributed by atoms with van der Waals surface area (Å²) in [6.07, 6.45) is 1.98. The van der Waals surface area contributed by atoms with Gasteiger partial charge in [0.15, 0.2) is 0 Å². The summed E-state index contributed by atoms with van der Waals surface area (Å²) in [5.74, 6) is 1.21. The second kappa shape index (κ2) is 5.40. The lowest BCUT2D eigenvalue weighted by Gasteiger charge is -2.36. The Bertz CT molecular complexity index is 411. The Morgan fingerprint density at radius 2 is 2.53 bits per heavy atom. The van der Waals surface area contributed by atoms with Crippen molar-refractivity contribution in [2.24, 2.45) is 0 Å². The van der Waals surface area contributed by atoms with E-state index in [4.69, 9.17) is 5.11 Å². The SMILES string of the molecule is Cc1cc(N2CCSCC2CC(=O)O)ccn1. The van der Waals surface area contributed by atoms with Gasteiger partial charge in [-0.05, 0) is 19.1 Å². The largest absolute Gasteiger partial charge is 0.481 e. The van der Waals surface area contributed by atoms with Crippen LogP contribution in [0, 0.1) is 6.92 Å². The first-order valence-electron chi connectivity index (χ1n) is 5.65. The minimum Gasteiger partial charge on any atom is -0.481 e. The number of hydrogen-bond acceptors (Lipinski definition) is 4. The molecule has 1 unspecified atom stereocenters. The molecular formula is C12H16N2O2S. The maximum atomic E-state index is 10.9. The molecule has 17 heavy (non-hydrogen) atoms. The summed E-state index contributed by atoms with van der Waals surface area (Å²) in [6, 6.07) is 4.07. The van der Waals surface area contributed by atoms with Gasteiger partial charge in [0, 0.05) is 41.7 Å². The lowest BCUT2D eigenvalue weighted by atomic mass is 10.1. The number of rotatable bonds is 3. The molecule has 0 amide bonds. The van der Waals surface area contributed by atoms with Crippen molar-refractivity contribution < 1.29 is 9.90 Å². The van der Waals surface area contributed by atoms with Crippen LogP contribution in [0.1, 0.15) is 12.1 Å². The van der Waals surface area contributed by atoms with Crippen LogP contribution in [0.15, 0.2) is 18.3 Å². The van der Waals surface area contributed by atoms with Crippen molar-refractivity contribution in [2.45, 2.75) is 19.4 Å². The van der Waals surface area contributed by atoms with Crippen LogP contribution < -0.4 is 4.90 Å². The number of nitrogens with zero attached hydrogens (tertiary/aromatic N) is 2. The van der Waals surface area contributed by atoms with E-state index >= 15 is 0 Å². The number of hydrogen-bond donors (Lipinski definition) is 1. The van der Waals surface area contributed by atoms with Gasteiger partial charge in [-0.25, -0.2) is 0 Å². The first-order valence-corrected chi connectivity index (χ1v) is 6.81. The molecule has 0 spiro atoms. The average Bonchev–Trinajstić information content (AvgIpc) is 2.29. The second-order valence-electron chi connectivity index (χ2n) is 4.18. The number of carbonyl (C=O) groups is 1. The Kier molecular flexibility index (Phi) is 3.89. The van der Waals surface area contributed by atoms with Crippen LogP contribution in [0.25, 0.3) is 0 Å². The van der Waals surface area contributed by atoms with Gasteiger partial charge in [0.25, 0.3) is 0 Å². The summed E-state index contributed by atoms with van der Waals surface area (Å²) in [4.78, 5) is 17.2. The van der Waals surface area contributed by atoms with Gasteiger partial charge in [-0.3, -0.25) is 9.78 Å². The fraction of sp³-hybridized carbons (Fsp3) is 0.500. The number of aromatic nitrogens is 1. The van der Waals surface area contributed by atoms with Gasteiger partial charge in [-0.15, -0.1) is 0 Å². The van der Waals surface area contributed by atoms with Crippen molar-refractivity contribution in [3.63, 3.8) is 0 Å². The molecule has 1 aromatic rings. The quantitative estimate of drug-likeness (QED) is 0.888. The Labute approximate surface area is 105 Å². The Morgan fingerprint density at radius 1 is 1.71 bits per heavy atom. The zero-order valence-electron chi connectivity index (χ0n) is 9.80. The van der Waals surface area contributed by atoms with Gasteiger partial charge < -0.3 is 10.0 Å². The van der Waals surface area contributed by atoms with E-state index in [2.05, 4.69) is 9.88 Å². The van der Waals surface area contributed by atoms with Gasteiger partial charge in [0.2, 0.25) is 0 Å². The van der Waals surface area contributed by atoms with Crippen LogP contribution in [0.3, 0.4) is 0 Å². The Morgan fingerprint density at radius 3 is 3.24 bits per heavy atom. The third-order valence-corrected chi connectivity index (χ3v) is 3.94. The first kappa shape index (κ1) is 12.2. The maximum absolute atomic E-state index is 10.9. The summed E-state index contributed by atoms with van der Waals surface area (Å²) in [5, 5.41) is 8.94. The third kappa shape index (κ3) is 3.12. The molecule has 0 aliphatic carbocycles. The fourth-order valence-corrected chi connectivity index (χ4v) is 3.14. The van der Waals surface area contributed by atoms with Gasteiger partial charge in [0.05, 0.1) is 6.42 Å². The third-order valence-electron chi connectivity index (χ3n) is 2.85. The number of carboxylic acid groups (broad SMARTS) is 1. The fourth-order valence-electron chi connectivity index (χ4n) is 2.07. The lowest BCUT2D eigenvalue weighted by molar-refractivity contribution is -0.137. The van der Waals surface area contributed by atoms with Crippen molar-refractivity contribution >= 4 is 23.4 Å². The van der Waals surface area contributed by atoms with E-state index in [1.807, 2.05) is 30.8 Å². The van der Waals surface area contributed by atoms with Crippen LogP contribution in [0.4, 0.5) is 5.69 Å². The van der Waals surface area contributed by atoms with Crippen LogP contribution in [0.5, 0.6) is 0 Å². The molecule has 92 valence electrons. The predicted molar refractivity (Wildman–Crippen MR) is 69.7 cm³/mol. The van der Waals surface area contributed by atoms with Crippen molar-refractivity contribution in [2.75, 3.05) is 23.0 Å². The molecule has 4 nitrogen and oxygen atoms in total. The number of anilines is 1. The normalized spacial score (nSPS) is 20.3. The molecule has 1 atom stereocenters. The molecular weight excluding hydrogens is 236 g/mol. The van der Waals surface area contributed by atoms with E-state index in [-0.39, 0.29) is 12.5 Å². The topological polar surface area (TPSA) is 53.4 Å². The van der Waals surface area contributed by atoms with Crippen LogP contribution in [-0.4, -0.2) is 40.2 Å². The summed E-state index contributed by atoms with van der Waals surface area (Å²) in [5.41, 5.74) is 2.05. The molecule has 2 heterocycles. The summed E-state index contributed by atoms with van der Waals surface area (Å²) in [6.45, 7) is 2.86. The van der Waals surface area contributed by atoms with Crippen molar-refractivity contribution in [3.05, 3.63) is 24.0 Å². The molecule has 1 aliphatic rings. The van der Waals surface area contributed by atoms with Gasteiger partial charge in [0.1, 0.15) is 0 Å². The highest BCUT2D eigenvalue weighted by Gasteiger charge is 2.25. The predicted octanol–water partition coefficient (Wildman–Crippen LogP) is 1.79. The standard InChI is InChI=1S/C12H16N2O2S/c1-9-6-10(2-3-13-9)14-4-5-17-8-11(14)7-12(15)16/h2-3,6,11H,4-5,7-8H2,1H3,(H,15,16). The molecule has 1 aromatic heterocycles. The van der Waals surface area contributed by atoms with Crippen molar-refractivity contribution in [1.82, 2.24) is 4.98 Å². The van der Waals surface area contributed by atoms with Crippen LogP contribution >= 0.6 is 11.8 Å². The highest BCUT2D eigenvalue weighted by atomic mass is 32.2. The highest BCUT2D eigenvalue weighted by Crippen LogP contribution is 2.25. The summed E-state index contributed by atoms with van der Waals surface area (Å²) < 4.78 is 0. The molecule has 1 saturated heterocycles. The van der Waals surface area contributed by atoms with E-state index in [1.54, 1.807) is 6.20 Å². The van der Waals surface area contributed by atoms with Gasteiger partial charge >= 0.3 is 5.97 Å². The maximum Gasteiger partial charge on any atom is 0.305 e. The zero-order valence-corrected chi connectivity index (χ0v) is 10.6. The smallest absolute Gasteiger partial charge is 0.305 e. The van der Waals surface area contributed by atoms with E-state index in [0.29, 0.717) is 0 Å². The highest BCUT2D eigenvalue weighted by molar-refractivity contribution is 7.99. The molecule has 0 aromatic carbocycles. The van der Waals surface area contributed by atoms with E-state index in [9.17, 15) is 4.79 Å². The summed E-state index contributed by atoms with van der Waals surface area (Å²) >= 11 is 1.83. The molecule has 1 N–H and O–H groups in total. The van der Waals surface area contributed by atoms with E-state index in [0.717, 1.165) is 29.4 Å². The van der Waals surface area contributed by atoms with E-state index < -0.39 is 5.97 Å². The molecule has 0 radical (unpaired) electrons. The number of aryl methyl sites for hydroxylation is 1. The van der Waals surface area contributed by atoms with Gasteiger partial charge in [-0.1, -0.05) is 0 Å². The molecule has 0 saturated carbocycles. The van der Waals surface area contributed by atoms with Crippen molar-refractivity contribution in [1.29, 1.82) is 0 Å². The molecule has 0 bridgehead atoms. The molecule has 5 heteroatoms. The number of aliphatic carboxylic acids is 1. The zero-order chi connectivity index (χ0) is 12.3. The van der Waals surface area contributed by atoms with Crippen LogP contribution in [-0.2, 0) is 4.79 Å². The minimum atomic E-state index is -0.728. The van der Waals surface area contributed by atoms with Gasteiger partial charge in [-0.2, -0.15) is 11.8 Å². The Hall–Kier alpha value is -1.23. The number of carboxylic acids is 1. The van der Waals surface area contributed by atoms with Crippen LogP contribution in [0.2, 0.25) is 0 Å². The Balaban J connectivity index is 2.18. The molecule has 1 aliphatic heterocycles. The summed E-state index contributed by atoms with van der Waals surface area (Å²) in [7, 11) is 0. The average molecular weight is 252 g/mol. The monoisotopic (exact) mass is 252 g/mol. The van der Waals surface area contributed by atoms with E-state index in [1.165, 1.54) is 0 Å². The lowest BCUT2D eigenvalue weighted by Crippen LogP contribution is -2.43. The van der Waals surface area contributed by atoms with Crippen molar-refractivity contribution in [3.8, 4) is 0 Å². The number of pyridine rings is 1. The number of thioether (sulfide) groups is 1. The minimum absolute atomic E-state index is 0.0908. The second-order valence-corrected chi connectivity index (χ2v) is 5.33.